The summed E-state index contributed by atoms with van der Waals surface area (Å²) in [6.45, 7) is 4.62. The van der Waals surface area contributed by atoms with Crippen molar-refractivity contribution in [2.45, 2.75) is 38.0 Å². The molecular formula is C14H26N5O3S+. The summed E-state index contributed by atoms with van der Waals surface area (Å²) < 4.78 is 5.59. The number of hydrogen-bond donors (Lipinski definition) is 3. The molecule has 9 heteroatoms. The number of hydrogen-bond acceptors (Lipinski definition) is 6. The van der Waals surface area contributed by atoms with Crippen LogP contribution in [0, 0.1) is 0 Å². The first kappa shape index (κ1) is 19.4. The summed E-state index contributed by atoms with van der Waals surface area (Å²) in [4.78, 5) is 24.3. The molecule has 0 aliphatic rings. The summed E-state index contributed by atoms with van der Waals surface area (Å²) in [6.07, 6.45) is 1.75. The fraction of sp³-hybridized carbons (Fsp3) is 0.714. The SMILES string of the molecule is CCCNC(=O)CNC(=O)CSc1nnc([C@H](CC)[NH+](C)C)o1. The Morgan fingerprint density at radius 1 is 1.22 bits per heavy atom. The van der Waals surface area contributed by atoms with Crippen LogP contribution < -0.4 is 15.5 Å². The molecule has 0 aliphatic carbocycles. The van der Waals surface area contributed by atoms with Gasteiger partial charge in [-0.25, -0.2) is 0 Å². The number of aromatic nitrogens is 2. The highest BCUT2D eigenvalue weighted by Gasteiger charge is 2.22. The molecule has 0 unspecified atom stereocenters. The Kier molecular flexibility index (Phi) is 8.64. The lowest BCUT2D eigenvalue weighted by Crippen LogP contribution is -3.06. The summed E-state index contributed by atoms with van der Waals surface area (Å²) in [6, 6.07) is 0.146. The second-order valence-electron chi connectivity index (χ2n) is 5.36. The molecule has 1 atom stereocenters. The van der Waals surface area contributed by atoms with Crippen LogP contribution in [0.1, 0.15) is 38.6 Å². The van der Waals surface area contributed by atoms with Crippen molar-refractivity contribution in [2.24, 2.45) is 0 Å². The first-order valence-electron chi connectivity index (χ1n) is 7.77. The number of nitrogens with zero attached hydrogens (tertiary/aromatic N) is 2. The molecule has 0 spiro atoms. The maximum absolute atomic E-state index is 11.7. The van der Waals surface area contributed by atoms with Gasteiger partial charge in [-0.05, 0) is 6.42 Å². The maximum Gasteiger partial charge on any atom is 0.277 e. The van der Waals surface area contributed by atoms with Gasteiger partial charge in [0, 0.05) is 13.0 Å². The van der Waals surface area contributed by atoms with Crippen LogP contribution in [0.3, 0.4) is 0 Å². The molecule has 0 saturated carbocycles. The highest BCUT2D eigenvalue weighted by atomic mass is 32.2. The van der Waals surface area contributed by atoms with Crippen molar-refractivity contribution in [3.8, 4) is 0 Å². The molecule has 0 radical (unpaired) electrons. The normalized spacial score (nSPS) is 12.2. The molecule has 0 aliphatic heterocycles. The standard InChI is InChI=1S/C14H25N5O3S/c1-5-7-15-11(20)8-16-12(21)9-23-14-18-17-13(22-14)10(6-2)19(3)4/h10H,5-9H2,1-4H3,(H,15,20)(H,16,21)/p+1/t10-/m0/s1. The van der Waals surface area contributed by atoms with Crippen LogP contribution in [0.25, 0.3) is 0 Å². The van der Waals surface area contributed by atoms with Gasteiger partial charge in [-0.1, -0.05) is 25.6 Å². The first-order chi connectivity index (χ1) is 11.0. The van der Waals surface area contributed by atoms with Crippen LogP contribution in [0.15, 0.2) is 9.64 Å². The average molecular weight is 344 g/mol. The second kappa shape index (κ2) is 10.2. The van der Waals surface area contributed by atoms with Crippen molar-refractivity contribution in [1.29, 1.82) is 0 Å². The highest BCUT2D eigenvalue weighted by Crippen LogP contribution is 2.19. The molecule has 0 aromatic carbocycles. The number of carbonyl (C=O) groups excluding carboxylic acids is 2. The predicted octanol–water partition coefficient (Wildman–Crippen LogP) is -0.600. The van der Waals surface area contributed by atoms with E-state index in [4.69, 9.17) is 4.42 Å². The molecule has 130 valence electrons. The number of carbonyl (C=O) groups is 2. The number of amides is 2. The van der Waals surface area contributed by atoms with Crippen LogP contribution in [0.5, 0.6) is 0 Å². The van der Waals surface area contributed by atoms with E-state index >= 15 is 0 Å². The zero-order chi connectivity index (χ0) is 17.2. The summed E-state index contributed by atoms with van der Waals surface area (Å²) in [7, 11) is 4.06. The molecule has 1 aromatic heterocycles. The van der Waals surface area contributed by atoms with Crippen LogP contribution in [0.4, 0.5) is 0 Å². The van der Waals surface area contributed by atoms with E-state index in [2.05, 4.69) is 27.8 Å². The van der Waals surface area contributed by atoms with E-state index in [1.165, 1.54) is 16.7 Å². The fourth-order valence-electron chi connectivity index (χ4n) is 1.93. The van der Waals surface area contributed by atoms with Gasteiger partial charge in [0.05, 0.1) is 26.4 Å². The van der Waals surface area contributed by atoms with Gasteiger partial charge in [-0.15, -0.1) is 10.2 Å². The van der Waals surface area contributed by atoms with Crippen molar-refractivity contribution in [3.63, 3.8) is 0 Å². The van der Waals surface area contributed by atoms with E-state index < -0.39 is 0 Å². The Hall–Kier alpha value is -1.61. The second-order valence-corrected chi connectivity index (χ2v) is 6.29. The summed E-state index contributed by atoms with van der Waals surface area (Å²) in [5.74, 6) is 0.278. The number of quaternary nitrogens is 1. The third-order valence-corrected chi connectivity index (χ3v) is 3.99. The smallest absolute Gasteiger partial charge is 0.277 e. The monoisotopic (exact) mass is 344 g/mol. The lowest BCUT2D eigenvalue weighted by Gasteiger charge is -2.15. The van der Waals surface area contributed by atoms with E-state index in [-0.39, 0.29) is 30.2 Å². The fourth-order valence-corrected chi connectivity index (χ4v) is 2.53. The number of nitrogens with one attached hydrogen (secondary N) is 3. The molecule has 1 heterocycles. The van der Waals surface area contributed by atoms with Crippen molar-refractivity contribution < 1.29 is 18.9 Å². The van der Waals surface area contributed by atoms with Gasteiger partial charge in [-0.2, -0.15) is 0 Å². The predicted molar refractivity (Wildman–Crippen MR) is 87.2 cm³/mol. The largest absolute Gasteiger partial charge is 0.410 e. The lowest BCUT2D eigenvalue weighted by molar-refractivity contribution is -0.894. The Balaban J connectivity index is 2.36. The van der Waals surface area contributed by atoms with Crippen LogP contribution in [-0.4, -0.2) is 54.9 Å². The lowest BCUT2D eigenvalue weighted by atomic mass is 10.2. The van der Waals surface area contributed by atoms with Gasteiger partial charge in [-0.3, -0.25) is 9.59 Å². The van der Waals surface area contributed by atoms with Crippen LogP contribution in [0.2, 0.25) is 0 Å². The molecule has 1 aromatic rings. The molecular weight excluding hydrogens is 318 g/mol. The molecule has 8 nitrogen and oxygen atoms in total. The van der Waals surface area contributed by atoms with Gasteiger partial charge in [0.25, 0.3) is 11.1 Å². The minimum atomic E-state index is -0.244. The van der Waals surface area contributed by atoms with E-state index in [0.29, 0.717) is 17.7 Å². The number of rotatable bonds is 10. The zero-order valence-electron chi connectivity index (χ0n) is 14.1. The van der Waals surface area contributed by atoms with Gasteiger partial charge in [0.1, 0.15) is 0 Å². The van der Waals surface area contributed by atoms with E-state index in [9.17, 15) is 9.59 Å². The minimum absolute atomic E-state index is 0.0175. The van der Waals surface area contributed by atoms with Gasteiger partial charge in [0.15, 0.2) is 6.04 Å². The van der Waals surface area contributed by atoms with Crippen molar-refractivity contribution >= 4 is 23.6 Å². The Morgan fingerprint density at radius 3 is 2.57 bits per heavy atom. The van der Waals surface area contributed by atoms with Crippen molar-refractivity contribution in [1.82, 2.24) is 20.8 Å². The quantitative estimate of drug-likeness (QED) is 0.490. The highest BCUT2D eigenvalue weighted by molar-refractivity contribution is 7.99. The molecule has 2 amide bonds. The van der Waals surface area contributed by atoms with Gasteiger partial charge < -0.3 is 20.0 Å². The Labute approximate surface area is 140 Å². The Bertz CT molecular complexity index is 506. The third kappa shape index (κ3) is 7.00. The summed E-state index contributed by atoms with van der Waals surface area (Å²) >= 11 is 1.17. The molecule has 3 N–H and O–H groups in total. The van der Waals surface area contributed by atoms with Crippen LogP contribution >= 0.6 is 11.8 Å². The third-order valence-electron chi connectivity index (χ3n) is 3.17. The van der Waals surface area contributed by atoms with Gasteiger partial charge >= 0.3 is 0 Å². The molecule has 23 heavy (non-hydrogen) atoms. The molecule has 1 rings (SSSR count). The molecule has 0 fully saturated rings. The van der Waals surface area contributed by atoms with E-state index in [0.717, 1.165) is 12.8 Å². The zero-order valence-corrected chi connectivity index (χ0v) is 15.0. The molecule has 0 bridgehead atoms. The summed E-state index contributed by atoms with van der Waals surface area (Å²) in [5.41, 5.74) is 0. The van der Waals surface area contributed by atoms with Crippen molar-refractivity contribution in [3.05, 3.63) is 5.89 Å². The first-order valence-corrected chi connectivity index (χ1v) is 8.76. The van der Waals surface area contributed by atoms with E-state index in [1.807, 2.05) is 21.0 Å². The average Bonchev–Trinajstić information content (AvgIpc) is 2.97. The summed E-state index contributed by atoms with van der Waals surface area (Å²) in [5, 5.41) is 13.6. The Morgan fingerprint density at radius 2 is 1.96 bits per heavy atom. The van der Waals surface area contributed by atoms with Crippen LogP contribution in [-0.2, 0) is 9.59 Å². The van der Waals surface area contributed by atoms with Crippen molar-refractivity contribution in [2.75, 3.05) is 32.9 Å². The minimum Gasteiger partial charge on any atom is -0.410 e. The van der Waals surface area contributed by atoms with E-state index in [1.54, 1.807) is 0 Å². The number of thioether (sulfide) groups is 1. The van der Waals surface area contributed by atoms with Gasteiger partial charge in [0.2, 0.25) is 11.8 Å². The topological polar surface area (TPSA) is 102 Å². The maximum atomic E-state index is 11.7. The molecule has 0 saturated heterocycles.